The molecule has 1 saturated carbocycles. The highest BCUT2D eigenvalue weighted by Gasteiger charge is 2.47. The molecule has 2 fully saturated rings. The third-order valence-electron chi connectivity index (χ3n) is 8.30. The monoisotopic (exact) mass is 522 g/mol. The van der Waals surface area contributed by atoms with Crippen LogP contribution in [0.4, 0.5) is 0 Å². The second-order valence-electron chi connectivity index (χ2n) is 10.6. The van der Waals surface area contributed by atoms with E-state index in [1.807, 2.05) is 53.9 Å². The number of hydrogen-bond donors (Lipinski definition) is 0. The Labute approximate surface area is 226 Å². The van der Waals surface area contributed by atoms with E-state index in [9.17, 15) is 10.1 Å². The molecular formula is C29H30N8O2. The number of nitriles is 1. The maximum atomic E-state index is 12.0. The van der Waals surface area contributed by atoms with Crippen molar-refractivity contribution in [3.05, 3.63) is 72.5 Å². The van der Waals surface area contributed by atoms with Crippen molar-refractivity contribution in [3.63, 3.8) is 0 Å². The van der Waals surface area contributed by atoms with Crippen molar-refractivity contribution < 1.29 is 9.53 Å². The van der Waals surface area contributed by atoms with Crippen molar-refractivity contribution in [2.24, 2.45) is 5.41 Å². The number of hydrogen-bond acceptors (Lipinski definition) is 7. The Balaban J connectivity index is 1.26. The van der Waals surface area contributed by atoms with Gasteiger partial charge in [0.2, 0.25) is 5.91 Å². The Kier molecular flexibility index (Phi) is 6.14. The molecule has 1 saturated heterocycles. The van der Waals surface area contributed by atoms with Gasteiger partial charge in [-0.3, -0.25) is 9.78 Å². The lowest BCUT2D eigenvalue weighted by atomic mass is 9.60. The van der Waals surface area contributed by atoms with E-state index in [2.05, 4.69) is 33.0 Å². The van der Waals surface area contributed by atoms with Gasteiger partial charge in [0.05, 0.1) is 23.6 Å². The van der Waals surface area contributed by atoms with E-state index in [1.165, 1.54) is 6.08 Å². The summed E-state index contributed by atoms with van der Waals surface area (Å²) in [6.07, 6.45) is 10.3. The van der Waals surface area contributed by atoms with Crippen molar-refractivity contribution in [3.8, 4) is 23.1 Å². The number of ether oxygens (including phenoxy) is 1. The lowest BCUT2D eigenvalue weighted by Crippen LogP contribution is -2.49. The van der Waals surface area contributed by atoms with Gasteiger partial charge in [0.1, 0.15) is 34.7 Å². The zero-order chi connectivity index (χ0) is 27.1. The van der Waals surface area contributed by atoms with Gasteiger partial charge in [-0.25, -0.2) is 9.20 Å². The molecule has 0 N–H and O–H groups in total. The van der Waals surface area contributed by atoms with Crippen LogP contribution < -0.4 is 4.74 Å². The zero-order valence-corrected chi connectivity index (χ0v) is 22.1. The van der Waals surface area contributed by atoms with Crippen molar-refractivity contribution in [1.82, 2.24) is 34.5 Å². The third kappa shape index (κ3) is 4.34. The summed E-state index contributed by atoms with van der Waals surface area (Å²) in [5.41, 5.74) is 4.65. The molecule has 1 aliphatic heterocycles. The van der Waals surface area contributed by atoms with Crippen LogP contribution in [-0.4, -0.2) is 53.5 Å². The summed E-state index contributed by atoms with van der Waals surface area (Å²) in [7, 11) is 0. The minimum atomic E-state index is -0.331. The van der Waals surface area contributed by atoms with E-state index >= 15 is 0 Å². The third-order valence-corrected chi connectivity index (χ3v) is 8.30. The first-order valence-electron chi connectivity index (χ1n) is 13.2. The van der Waals surface area contributed by atoms with Gasteiger partial charge in [-0.05, 0) is 69.2 Å². The molecule has 4 aromatic heterocycles. The first-order valence-corrected chi connectivity index (χ1v) is 13.2. The number of pyridine rings is 2. The minimum Gasteiger partial charge on any atom is -0.482 e. The fourth-order valence-corrected chi connectivity index (χ4v) is 6.06. The number of aromatic nitrogens is 6. The highest BCUT2D eigenvalue weighted by atomic mass is 16.5. The summed E-state index contributed by atoms with van der Waals surface area (Å²) in [5.74, 6) is 0.559. The number of fused-ring (bicyclic) bond motifs is 1. The van der Waals surface area contributed by atoms with E-state index in [1.54, 1.807) is 16.9 Å². The molecule has 1 spiro atoms. The van der Waals surface area contributed by atoms with Crippen molar-refractivity contribution in [2.45, 2.75) is 51.7 Å². The molecule has 5 heterocycles. The molecule has 4 aromatic rings. The molecule has 10 heteroatoms. The van der Waals surface area contributed by atoms with E-state index in [-0.39, 0.29) is 23.5 Å². The average Bonchev–Trinajstić information content (AvgIpc) is 3.55. The minimum absolute atomic E-state index is 0.0197. The van der Waals surface area contributed by atoms with Crippen LogP contribution >= 0.6 is 0 Å². The number of amides is 1. The quantitative estimate of drug-likeness (QED) is 0.344. The largest absolute Gasteiger partial charge is 0.482 e. The molecule has 0 aromatic carbocycles. The molecule has 0 radical (unpaired) electrons. The summed E-state index contributed by atoms with van der Waals surface area (Å²) in [6.45, 7) is 9.15. The zero-order valence-electron chi connectivity index (χ0n) is 22.1. The van der Waals surface area contributed by atoms with Crippen LogP contribution in [0.3, 0.4) is 0 Å². The van der Waals surface area contributed by atoms with Gasteiger partial charge in [0.25, 0.3) is 0 Å². The van der Waals surface area contributed by atoms with E-state index in [0.29, 0.717) is 16.8 Å². The Morgan fingerprint density at radius 1 is 1.31 bits per heavy atom. The fourth-order valence-electron chi connectivity index (χ4n) is 6.06. The topological polar surface area (TPSA) is 114 Å². The molecule has 10 nitrogen and oxygen atoms in total. The fraction of sp³-hybridized carbons (Fsp3) is 0.379. The van der Waals surface area contributed by atoms with Crippen molar-refractivity contribution >= 4 is 11.4 Å². The predicted molar refractivity (Wildman–Crippen MR) is 144 cm³/mol. The average molecular weight is 523 g/mol. The van der Waals surface area contributed by atoms with Gasteiger partial charge in [0.15, 0.2) is 0 Å². The maximum absolute atomic E-state index is 12.0. The highest BCUT2D eigenvalue weighted by molar-refractivity contribution is 5.87. The highest BCUT2D eigenvalue weighted by Crippen LogP contribution is 2.55. The van der Waals surface area contributed by atoms with Crippen LogP contribution in [0.1, 0.15) is 61.7 Å². The summed E-state index contributed by atoms with van der Waals surface area (Å²) in [4.78, 5) is 18.3. The predicted octanol–water partition coefficient (Wildman–Crippen LogP) is 4.44. The number of likely N-dealkylation sites (tertiary alicyclic amines) is 1. The van der Waals surface area contributed by atoms with E-state index in [0.717, 1.165) is 61.4 Å². The van der Waals surface area contributed by atoms with Gasteiger partial charge in [-0.1, -0.05) is 17.9 Å². The van der Waals surface area contributed by atoms with Crippen LogP contribution in [0.25, 0.3) is 16.8 Å². The van der Waals surface area contributed by atoms with Gasteiger partial charge < -0.3 is 9.64 Å². The standard InChI is InChI=1S/C29H30N8O2/c1-4-26(38)35-11-8-29(9-12-35)14-23(15-29)37-19(2)27(33-34-37)21-13-25(28-22(16-30)17-32-36(28)18-21)39-20(3)24-7-5-6-10-31-24/h4-7,10,13,17-18,20,23H,1,8-9,11-12,14-15H2,2-3H3/t20-/m1/s1. The smallest absolute Gasteiger partial charge is 0.245 e. The number of rotatable bonds is 6. The summed E-state index contributed by atoms with van der Waals surface area (Å²) in [5, 5.41) is 23.2. The normalized spacial score (nSPS) is 17.5. The summed E-state index contributed by atoms with van der Waals surface area (Å²) in [6, 6.07) is 10.1. The molecule has 1 amide bonds. The summed E-state index contributed by atoms with van der Waals surface area (Å²) < 4.78 is 10.1. The first-order chi connectivity index (χ1) is 18.9. The number of carbonyl (C=O) groups excluding carboxylic acids is 1. The van der Waals surface area contributed by atoms with E-state index in [4.69, 9.17) is 4.74 Å². The first kappa shape index (κ1) is 24.8. The number of carbonyl (C=O) groups is 1. The molecule has 2 aliphatic rings. The number of nitrogens with zero attached hydrogens (tertiary/aromatic N) is 8. The lowest BCUT2D eigenvalue weighted by molar-refractivity contribution is -0.130. The molecule has 1 atom stereocenters. The Hall–Kier alpha value is -4.52. The van der Waals surface area contributed by atoms with Gasteiger partial charge in [0, 0.05) is 31.0 Å². The molecule has 1 aliphatic carbocycles. The van der Waals surface area contributed by atoms with E-state index < -0.39 is 0 Å². The van der Waals surface area contributed by atoms with Gasteiger partial charge >= 0.3 is 0 Å². The molecule has 6 rings (SSSR count). The Morgan fingerprint density at radius 3 is 2.79 bits per heavy atom. The molecular weight excluding hydrogens is 492 g/mol. The molecule has 0 bridgehead atoms. The summed E-state index contributed by atoms with van der Waals surface area (Å²) >= 11 is 0. The van der Waals surface area contributed by atoms with Crippen LogP contribution in [0.5, 0.6) is 5.75 Å². The van der Waals surface area contributed by atoms with Crippen LogP contribution in [0.2, 0.25) is 0 Å². The van der Waals surface area contributed by atoms with Crippen LogP contribution in [-0.2, 0) is 4.79 Å². The molecule has 198 valence electrons. The molecule has 0 unspecified atom stereocenters. The second-order valence-corrected chi connectivity index (χ2v) is 10.6. The SMILES string of the molecule is C=CC(=O)N1CCC2(CC1)CC(n1nnc(-c3cc(O[C@H](C)c4ccccn4)c4c(C#N)cnn4c3)c1C)C2. The Bertz CT molecular complexity index is 1580. The van der Waals surface area contributed by atoms with Gasteiger partial charge in [-0.2, -0.15) is 10.4 Å². The Morgan fingerprint density at radius 2 is 2.10 bits per heavy atom. The van der Waals surface area contributed by atoms with Gasteiger partial charge in [-0.15, -0.1) is 5.10 Å². The molecule has 39 heavy (non-hydrogen) atoms. The number of piperidine rings is 1. The second kappa shape index (κ2) is 9.66. The van der Waals surface area contributed by atoms with Crippen LogP contribution in [0, 0.1) is 23.7 Å². The van der Waals surface area contributed by atoms with Crippen molar-refractivity contribution in [2.75, 3.05) is 13.1 Å². The van der Waals surface area contributed by atoms with Crippen molar-refractivity contribution in [1.29, 1.82) is 5.26 Å². The maximum Gasteiger partial charge on any atom is 0.245 e. The van der Waals surface area contributed by atoms with Crippen LogP contribution in [0.15, 0.2) is 55.5 Å². The lowest BCUT2D eigenvalue weighted by Gasteiger charge is -2.52.